The van der Waals surface area contributed by atoms with Crippen LogP contribution < -0.4 is 5.32 Å². The molecule has 0 saturated carbocycles. The second kappa shape index (κ2) is 9.54. The predicted octanol–water partition coefficient (Wildman–Crippen LogP) is 3.99. The number of benzene rings is 1. The summed E-state index contributed by atoms with van der Waals surface area (Å²) in [6.07, 6.45) is 5.53. The van der Waals surface area contributed by atoms with Crippen LogP contribution in [-0.2, 0) is 4.79 Å². The minimum absolute atomic E-state index is 0.0701. The van der Waals surface area contributed by atoms with E-state index in [1.54, 1.807) is 11.0 Å². The summed E-state index contributed by atoms with van der Waals surface area (Å²) in [6.45, 7) is 0. The molecule has 1 fully saturated rings. The number of halogens is 3. The number of aromatic nitrogens is 7. The molecular weight excluding hydrogens is 536 g/mol. The van der Waals surface area contributed by atoms with E-state index < -0.39 is 29.6 Å². The molecule has 1 saturated heterocycles. The van der Waals surface area contributed by atoms with Gasteiger partial charge in [0.15, 0.2) is 17.5 Å². The fraction of sp³-hybridized carbons (Fsp3) is 0.208. The predicted molar refractivity (Wildman–Crippen MR) is 133 cm³/mol. The Labute approximate surface area is 223 Å². The first-order valence-electron chi connectivity index (χ1n) is 11.8. The maximum atomic E-state index is 15.3. The highest BCUT2D eigenvalue weighted by molar-refractivity contribution is 6.31. The smallest absolute Gasteiger partial charge is 0.410 e. The van der Waals surface area contributed by atoms with Crippen LogP contribution in [0.15, 0.2) is 43.0 Å². The summed E-state index contributed by atoms with van der Waals surface area (Å²) in [5.74, 6) is -1.84. The van der Waals surface area contributed by atoms with Gasteiger partial charge in [0.05, 0.1) is 28.6 Å². The quantitative estimate of drug-likeness (QED) is 0.335. The number of tetrazole rings is 1. The summed E-state index contributed by atoms with van der Waals surface area (Å²) in [5.41, 5.74) is 1.36. The third-order valence-electron chi connectivity index (χ3n) is 6.82. The molecule has 2 aliphatic heterocycles. The van der Waals surface area contributed by atoms with E-state index >= 15 is 4.39 Å². The van der Waals surface area contributed by atoms with E-state index in [0.29, 0.717) is 42.0 Å². The molecule has 2 amide bonds. The summed E-state index contributed by atoms with van der Waals surface area (Å²) < 4.78 is 31.5. The highest BCUT2D eigenvalue weighted by atomic mass is 35.5. The Morgan fingerprint density at radius 3 is 2.79 bits per heavy atom. The number of aromatic amines is 1. The van der Waals surface area contributed by atoms with Gasteiger partial charge in [-0.05, 0) is 53.5 Å². The van der Waals surface area contributed by atoms with Crippen molar-refractivity contribution in [1.82, 2.24) is 40.1 Å². The molecule has 39 heavy (non-hydrogen) atoms. The van der Waals surface area contributed by atoms with Gasteiger partial charge in [0.25, 0.3) is 0 Å². The number of carbonyl (C=O) groups is 2. The van der Waals surface area contributed by atoms with Crippen molar-refractivity contribution < 1.29 is 23.5 Å². The van der Waals surface area contributed by atoms with Crippen LogP contribution >= 0.6 is 11.6 Å². The Hall–Kier alpha value is -4.72. The number of H-pyrrole nitrogens is 1. The van der Waals surface area contributed by atoms with Crippen molar-refractivity contribution >= 4 is 35.0 Å². The number of carbonyl (C=O) groups excluding carboxylic acids is 1. The number of hydrogen-bond donors (Lipinski definition) is 3. The highest BCUT2D eigenvalue weighted by Gasteiger charge is 2.42. The van der Waals surface area contributed by atoms with Crippen molar-refractivity contribution in [1.29, 1.82) is 0 Å². The minimum atomic E-state index is -1.44. The topological polar surface area (TPSA) is 155 Å². The Morgan fingerprint density at radius 1 is 1.18 bits per heavy atom. The van der Waals surface area contributed by atoms with Crippen LogP contribution in [0.4, 0.5) is 19.4 Å². The van der Waals surface area contributed by atoms with Gasteiger partial charge >= 0.3 is 6.09 Å². The number of nitrogens with zero attached hydrogens (tertiary/aromatic N) is 7. The standard InChI is InChI=1S/C24H18ClF2N9O3/c25-14-2-4-16(35-10-30-33-34-35)19(21(14)27)11-7-12-1-3-17(36(12)18(37)8-11)22-29-9-15(31-22)13-5-6-28-23(20(13)26)32-24(38)39/h2,4-6,8-10,12,17H,1,3,7H2,(H,28,32)(H,29,31)(H,38,39)/t12-,17+/m1/s1. The fourth-order valence-electron chi connectivity index (χ4n) is 5.19. The third-order valence-corrected chi connectivity index (χ3v) is 7.11. The molecule has 0 radical (unpaired) electrons. The van der Waals surface area contributed by atoms with Crippen LogP contribution in [0.25, 0.3) is 22.5 Å². The van der Waals surface area contributed by atoms with Gasteiger partial charge in [-0.1, -0.05) is 11.6 Å². The first-order valence-corrected chi connectivity index (χ1v) is 12.1. The molecule has 15 heteroatoms. The lowest BCUT2D eigenvalue weighted by Crippen LogP contribution is -2.39. The van der Waals surface area contributed by atoms with Crippen molar-refractivity contribution in [2.45, 2.75) is 31.3 Å². The maximum absolute atomic E-state index is 15.3. The molecule has 1 aromatic carbocycles. The molecule has 2 atom stereocenters. The minimum Gasteiger partial charge on any atom is -0.465 e. The SMILES string of the molecule is O=C(O)Nc1nccc(-c2cnc([C@@H]3CC[C@@H]4CC(c5c(-n6cnnn6)ccc(Cl)c5F)=CC(=O)N43)[nH]2)c1F. The Balaban J connectivity index is 1.31. The molecular formula is C24H18ClF2N9O3. The number of rotatable bonds is 5. The normalized spacial score (nSPS) is 18.7. The number of pyridine rings is 1. The Bertz CT molecular complexity index is 1640. The third kappa shape index (κ3) is 4.27. The van der Waals surface area contributed by atoms with Gasteiger partial charge in [-0.2, -0.15) is 4.68 Å². The zero-order valence-corrected chi connectivity index (χ0v) is 20.6. The molecule has 6 rings (SSSR count). The maximum Gasteiger partial charge on any atom is 0.410 e. The molecule has 0 spiro atoms. The highest BCUT2D eigenvalue weighted by Crippen LogP contribution is 2.44. The lowest BCUT2D eigenvalue weighted by molar-refractivity contribution is -0.129. The van der Waals surface area contributed by atoms with E-state index in [1.807, 2.05) is 5.32 Å². The molecule has 3 aromatic heterocycles. The fourth-order valence-corrected chi connectivity index (χ4v) is 5.34. The van der Waals surface area contributed by atoms with E-state index in [0.717, 1.165) is 0 Å². The Kier molecular flexibility index (Phi) is 6.02. The lowest BCUT2D eigenvalue weighted by atomic mass is 9.92. The van der Waals surface area contributed by atoms with E-state index in [2.05, 4.69) is 30.5 Å². The van der Waals surface area contributed by atoms with Gasteiger partial charge in [0.1, 0.15) is 12.2 Å². The molecule has 4 aromatic rings. The molecule has 0 bridgehead atoms. The second-order valence-corrected chi connectivity index (χ2v) is 9.42. The van der Waals surface area contributed by atoms with Crippen molar-refractivity contribution in [3.8, 4) is 16.9 Å². The van der Waals surface area contributed by atoms with Crippen LogP contribution in [-0.4, -0.2) is 63.2 Å². The molecule has 2 aliphatic rings. The zero-order valence-electron chi connectivity index (χ0n) is 19.8. The van der Waals surface area contributed by atoms with E-state index in [4.69, 9.17) is 16.7 Å². The zero-order chi connectivity index (χ0) is 27.3. The monoisotopic (exact) mass is 553 g/mol. The van der Waals surface area contributed by atoms with Crippen LogP contribution in [0.2, 0.25) is 5.02 Å². The number of imidazole rings is 1. The summed E-state index contributed by atoms with van der Waals surface area (Å²) in [7, 11) is 0. The average molecular weight is 554 g/mol. The molecule has 0 unspecified atom stereocenters. The number of fused-ring (bicyclic) bond motifs is 1. The molecule has 198 valence electrons. The van der Waals surface area contributed by atoms with Gasteiger partial charge in [-0.3, -0.25) is 10.1 Å². The molecule has 12 nitrogen and oxygen atoms in total. The van der Waals surface area contributed by atoms with E-state index in [-0.39, 0.29) is 28.1 Å². The van der Waals surface area contributed by atoms with Gasteiger partial charge in [-0.25, -0.2) is 23.5 Å². The van der Waals surface area contributed by atoms with Crippen LogP contribution in [0, 0.1) is 11.6 Å². The summed E-state index contributed by atoms with van der Waals surface area (Å²) in [5, 5.41) is 21.8. The number of carboxylic acid groups (broad SMARTS) is 1. The van der Waals surface area contributed by atoms with E-state index in [1.165, 1.54) is 41.6 Å². The lowest BCUT2D eigenvalue weighted by Gasteiger charge is -2.33. The molecule has 5 heterocycles. The second-order valence-electron chi connectivity index (χ2n) is 9.01. The first kappa shape index (κ1) is 24.6. The van der Waals surface area contributed by atoms with Gasteiger partial charge in [0.2, 0.25) is 5.91 Å². The summed E-state index contributed by atoms with van der Waals surface area (Å²) in [4.78, 5) is 37.2. The van der Waals surface area contributed by atoms with Gasteiger partial charge in [0, 0.05) is 29.4 Å². The van der Waals surface area contributed by atoms with Crippen LogP contribution in [0.1, 0.15) is 36.7 Å². The van der Waals surface area contributed by atoms with Gasteiger partial charge < -0.3 is 15.0 Å². The molecule has 3 N–H and O–H groups in total. The Morgan fingerprint density at radius 2 is 2.03 bits per heavy atom. The van der Waals surface area contributed by atoms with Crippen molar-refractivity contribution in [2.24, 2.45) is 0 Å². The number of nitrogens with one attached hydrogen (secondary N) is 2. The number of anilines is 1. The van der Waals surface area contributed by atoms with Crippen molar-refractivity contribution in [2.75, 3.05) is 5.32 Å². The van der Waals surface area contributed by atoms with Gasteiger partial charge in [-0.15, -0.1) is 5.10 Å². The largest absolute Gasteiger partial charge is 0.465 e. The molecule has 0 aliphatic carbocycles. The van der Waals surface area contributed by atoms with E-state index in [9.17, 15) is 14.0 Å². The number of amides is 2. The van der Waals surface area contributed by atoms with Crippen molar-refractivity contribution in [3.63, 3.8) is 0 Å². The first-order chi connectivity index (χ1) is 18.8. The van der Waals surface area contributed by atoms with Crippen LogP contribution in [0.3, 0.4) is 0 Å². The summed E-state index contributed by atoms with van der Waals surface area (Å²) in [6, 6.07) is 3.73. The average Bonchev–Trinajstić information content (AvgIpc) is 3.67. The number of hydrogen-bond acceptors (Lipinski definition) is 7. The van der Waals surface area contributed by atoms with Crippen LogP contribution in [0.5, 0.6) is 0 Å². The van der Waals surface area contributed by atoms with Crippen molar-refractivity contribution in [3.05, 3.63) is 71.0 Å². The summed E-state index contributed by atoms with van der Waals surface area (Å²) >= 11 is 6.08.